The fourth-order valence-corrected chi connectivity index (χ4v) is 3.21. The predicted molar refractivity (Wildman–Crippen MR) is 64.0 cm³/mol. The number of nitrogens with zero attached hydrogens (tertiary/aromatic N) is 1. The largest absolute Gasteiger partial charge is 0.339 e. The van der Waals surface area contributed by atoms with Crippen LogP contribution in [0.25, 0.3) is 0 Å². The number of amides is 1. The molecule has 2 fully saturated rings. The summed E-state index contributed by atoms with van der Waals surface area (Å²) >= 11 is 1.75. The Morgan fingerprint density at radius 1 is 1.53 bits per heavy atom. The van der Waals surface area contributed by atoms with E-state index in [0.29, 0.717) is 30.2 Å². The number of thioether (sulfide) groups is 1. The van der Waals surface area contributed by atoms with Crippen molar-refractivity contribution in [3.8, 4) is 0 Å². The van der Waals surface area contributed by atoms with Gasteiger partial charge in [-0.3, -0.25) is 4.79 Å². The molecule has 0 aromatic carbocycles. The molecule has 0 aromatic rings. The van der Waals surface area contributed by atoms with Gasteiger partial charge in [0.25, 0.3) is 0 Å². The summed E-state index contributed by atoms with van der Waals surface area (Å²) < 4.78 is 0. The van der Waals surface area contributed by atoms with Crippen LogP contribution in [0, 0.1) is 11.8 Å². The molecule has 4 heteroatoms. The van der Waals surface area contributed by atoms with Crippen LogP contribution in [0.5, 0.6) is 0 Å². The number of hydrogen-bond acceptors (Lipinski definition) is 3. The van der Waals surface area contributed by atoms with E-state index in [-0.39, 0.29) is 0 Å². The highest BCUT2D eigenvalue weighted by Crippen LogP contribution is 2.32. The Morgan fingerprint density at radius 3 is 3.00 bits per heavy atom. The number of carbonyl (C=O) groups excluding carboxylic acids is 1. The van der Waals surface area contributed by atoms with Gasteiger partial charge in [-0.05, 0) is 25.0 Å². The van der Waals surface area contributed by atoms with Crippen molar-refractivity contribution < 1.29 is 4.79 Å². The van der Waals surface area contributed by atoms with E-state index in [1.54, 1.807) is 11.8 Å². The normalized spacial score (nSPS) is 34.5. The number of nitrogens with one attached hydrogen (secondary N) is 1. The maximum atomic E-state index is 11.9. The third kappa shape index (κ3) is 2.16. The molecule has 0 bridgehead atoms. The quantitative estimate of drug-likeness (QED) is 0.776. The van der Waals surface area contributed by atoms with Crippen LogP contribution in [-0.2, 0) is 4.79 Å². The molecule has 0 radical (unpaired) electrons. The molecule has 0 saturated carbocycles. The maximum Gasteiger partial charge on any atom is 0.223 e. The second-order valence-electron chi connectivity index (χ2n) is 4.61. The molecule has 2 saturated heterocycles. The van der Waals surface area contributed by atoms with Crippen LogP contribution in [0.1, 0.15) is 13.3 Å². The average molecular weight is 228 g/mol. The summed E-state index contributed by atoms with van der Waals surface area (Å²) in [5, 5.41) is 3.42. The Hall–Kier alpha value is -0.220. The van der Waals surface area contributed by atoms with Crippen LogP contribution >= 0.6 is 11.8 Å². The minimum atomic E-state index is 0.353. The van der Waals surface area contributed by atoms with Gasteiger partial charge < -0.3 is 10.2 Å². The monoisotopic (exact) mass is 228 g/mol. The lowest BCUT2D eigenvalue weighted by Gasteiger charge is -2.24. The van der Waals surface area contributed by atoms with Gasteiger partial charge in [0, 0.05) is 37.8 Å². The van der Waals surface area contributed by atoms with E-state index in [9.17, 15) is 4.79 Å². The molecule has 15 heavy (non-hydrogen) atoms. The van der Waals surface area contributed by atoms with Crippen LogP contribution < -0.4 is 5.32 Å². The van der Waals surface area contributed by atoms with Gasteiger partial charge in [0.2, 0.25) is 5.91 Å². The zero-order valence-corrected chi connectivity index (χ0v) is 10.3. The summed E-state index contributed by atoms with van der Waals surface area (Å²) in [4.78, 5) is 14.0. The zero-order valence-electron chi connectivity index (χ0n) is 9.53. The summed E-state index contributed by atoms with van der Waals surface area (Å²) in [7, 11) is 0. The molecule has 86 valence electrons. The smallest absolute Gasteiger partial charge is 0.223 e. The summed E-state index contributed by atoms with van der Waals surface area (Å²) in [5.74, 6) is 2.71. The first-order chi connectivity index (χ1) is 7.24. The van der Waals surface area contributed by atoms with Crippen molar-refractivity contribution in [1.82, 2.24) is 10.2 Å². The summed E-state index contributed by atoms with van der Waals surface area (Å²) in [6.07, 6.45) is 2.76. The molecule has 3 unspecified atom stereocenters. The van der Waals surface area contributed by atoms with Crippen LogP contribution in [0.4, 0.5) is 0 Å². The van der Waals surface area contributed by atoms with Crippen molar-refractivity contribution in [3.05, 3.63) is 0 Å². The average Bonchev–Trinajstić information content (AvgIpc) is 2.78. The van der Waals surface area contributed by atoms with E-state index >= 15 is 0 Å². The first kappa shape index (κ1) is 11.3. The summed E-state index contributed by atoms with van der Waals surface area (Å²) in [6, 6.07) is 0.444. The first-order valence-electron chi connectivity index (χ1n) is 5.73. The third-order valence-corrected chi connectivity index (χ3v) is 4.39. The van der Waals surface area contributed by atoms with E-state index in [0.717, 1.165) is 25.4 Å². The minimum absolute atomic E-state index is 0.353. The van der Waals surface area contributed by atoms with E-state index in [1.165, 1.54) is 0 Å². The van der Waals surface area contributed by atoms with E-state index in [4.69, 9.17) is 0 Å². The molecular formula is C11H20N2OS. The second kappa shape index (κ2) is 4.74. The molecule has 2 rings (SSSR count). The van der Waals surface area contributed by atoms with Gasteiger partial charge in [-0.15, -0.1) is 0 Å². The second-order valence-corrected chi connectivity index (χ2v) is 5.60. The van der Waals surface area contributed by atoms with Crippen molar-refractivity contribution in [2.75, 3.05) is 31.6 Å². The number of fused-ring (bicyclic) bond motifs is 1. The minimum Gasteiger partial charge on any atom is -0.339 e. The lowest BCUT2D eigenvalue weighted by atomic mass is 9.95. The van der Waals surface area contributed by atoms with Crippen LogP contribution in [0.2, 0.25) is 0 Å². The molecule has 0 aliphatic carbocycles. The molecule has 2 aliphatic rings. The van der Waals surface area contributed by atoms with Gasteiger partial charge in [-0.1, -0.05) is 0 Å². The lowest BCUT2D eigenvalue weighted by Crippen LogP contribution is -2.38. The highest BCUT2D eigenvalue weighted by Gasteiger charge is 2.43. The topological polar surface area (TPSA) is 32.3 Å². The fourth-order valence-electron chi connectivity index (χ4n) is 2.83. The number of likely N-dealkylation sites (tertiary alicyclic amines) is 1. The van der Waals surface area contributed by atoms with Crippen molar-refractivity contribution >= 4 is 17.7 Å². The van der Waals surface area contributed by atoms with Crippen molar-refractivity contribution in [1.29, 1.82) is 0 Å². The summed E-state index contributed by atoms with van der Waals surface area (Å²) in [5.41, 5.74) is 0. The highest BCUT2D eigenvalue weighted by molar-refractivity contribution is 7.98. The predicted octanol–water partition coefficient (Wildman–Crippen LogP) is 0.806. The van der Waals surface area contributed by atoms with E-state index < -0.39 is 0 Å². The SMILES string of the molecule is CSCCC(=O)N1CC2CNCC2C1C. The first-order valence-corrected chi connectivity index (χ1v) is 7.12. The van der Waals surface area contributed by atoms with Crippen molar-refractivity contribution in [2.45, 2.75) is 19.4 Å². The van der Waals surface area contributed by atoms with Crippen LogP contribution in [-0.4, -0.2) is 48.5 Å². The fraction of sp³-hybridized carbons (Fsp3) is 0.909. The highest BCUT2D eigenvalue weighted by atomic mass is 32.2. The standard InChI is InChI=1S/C11H20N2OS/c1-8-10-6-12-5-9(10)7-13(8)11(14)3-4-15-2/h8-10,12H,3-7H2,1-2H3. The maximum absolute atomic E-state index is 11.9. The van der Waals surface area contributed by atoms with Gasteiger partial charge >= 0.3 is 0 Å². The molecule has 2 heterocycles. The van der Waals surface area contributed by atoms with E-state index in [2.05, 4.69) is 23.4 Å². The molecule has 1 N–H and O–H groups in total. The Morgan fingerprint density at radius 2 is 2.33 bits per heavy atom. The van der Waals surface area contributed by atoms with Crippen LogP contribution in [0.15, 0.2) is 0 Å². The van der Waals surface area contributed by atoms with Crippen LogP contribution in [0.3, 0.4) is 0 Å². The summed E-state index contributed by atoms with van der Waals surface area (Å²) in [6.45, 7) is 5.38. The zero-order chi connectivity index (χ0) is 10.8. The van der Waals surface area contributed by atoms with Crippen molar-refractivity contribution in [3.63, 3.8) is 0 Å². The number of hydrogen-bond donors (Lipinski definition) is 1. The van der Waals surface area contributed by atoms with E-state index in [1.807, 2.05) is 0 Å². The Balaban J connectivity index is 1.91. The Kier molecular flexibility index (Phi) is 3.57. The Labute approximate surface area is 96.0 Å². The molecule has 0 aromatic heterocycles. The molecule has 0 spiro atoms. The number of rotatable bonds is 3. The van der Waals surface area contributed by atoms with Gasteiger partial charge in [0.05, 0.1) is 0 Å². The third-order valence-electron chi connectivity index (χ3n) is 3.77. The molecule has 3 nitrogen and oxygen atoms in total. The van der Waals surface area contributed by atoms with Gasteiger partial charge in [-0.2, -0.15) is 11.8 Å². The molecule has 2 aliphatic heterocycles. The molecule has 3 atom stereocenters. The van der Waals surface area contributed by atoms with Crippen molar-refractivity contribution in [2.24, 2.45) is 11.8 Å². The molecule has 1 amide bonds. The van der Waals surface area contributed by atoms with Gasteiger partial charge in [0.1, 0.15) is 0 Å². The Bertz CT molecular complexity index is 247. The van der Waals surface area contributed by atoms with Gasteiger partial charge in [0.15, 0.2) is 0 Å². The van der Waals surface area contributed by atoms with Gasteiger partial charge in [-0.25, -0.2) is 0 Å². The lowest BCUT2D eigenvalue weighted by molar-refractivity contribution is -0.131. The molecular weight excluding hydrogens is 208 g/mol. The number of carbonyl (C=O) groups is 1.